The lowest BCUT2D eigenvalue weighted by molar-refractivity contribution is -0.119. The van der Waals surface area contributed by atoms with Crippen LogP contribution in [-0.2, 0) is 24.3 Å². The Hall–Kier alpha value is -4.18. The van der Waals surface area contributed by atoms with Gasteiger partial charge in [-0.25, -0.2) is 0 Å². The Morgan fingerprint density at radius 3 is 2.08 bits per heavy atom. The fourth-order valence-electron chi connectivity index (χ4n) is 5.40. The second-order valence-corrected chi connectivity index (χ2v) is 9.94. The van der Waals surface area contributed by atoms with E-state index in [0.717, 1.165) is 30.3 Å². The summed E-state index contributed by atoms with van der Waals surface area (Å²) < 4.78 is 3.93. The number of carbonyl (C=O) groups is 1. The average molecular weight is 503 g/mol. The standard InChI is InChI=1S/C34H34N2O2/c1-2-12-30(37)25-36-23-28(31-18-9-10-19-32(31)36)17-11-22-35-24-29(20-21-33(35)38)34(26-13-5-3-6-14-26)27-15-7-4-8-16-27/h3-10,13-16,18-21,23-24,34H,2,11-12,17,22,25H2,1H3. The zero-order chi connectivity index (χ0) is 26.3. The van der Waals surface area contributed by atoms with E-state index in [1.54, 1.807) is 6.07 Å². The molecule has 0 spiro atoms. The fourth-order valence-corrected chi connectivity index (χ4v) is 5.40. The summed E-state index contributed by atoms with van der Waals surface area (Å²) in [4.78, 5) is 25.2. The highest BCUT2D eigenvalue weighted by atomic mass is 16.1. The van der Waals surface area contributed by atoms with Crippen molar-refractivity contribution in [2.45, 2.75) is 51.6 Å². The Kier molecular flexibility index (Phi) is 7.98. The number of aryl methyl sites for hydroxylation is 2. The number of nitrogens with zero attached hydrogens (tertiary/aromatic N) is 2. The molecule has 0 aliphatic heterocycles. The zero-order valence-corrected chi connectivity index (χ0v) is 21.9. The van der Waals surface area contributed by atoms with Crippen molar-refractivity contribution in [3.8, 4) is 0 Å². The first kappa shape index (κ1) is 25.5. The van der Waals surface area contributed by atoms with Gasteiger partial charge < -0.3 is 9.13 Å². The minimum Gasteiger partial charge on any atom is -0.340 e. The van der Waals surface area contributed by atoms with Crippen LogP contribution in [0.2, 0.25) is 0 Å². The van der Waals surface area contributed by atoms with Gasteiger partial charge in [0.1, 0.15) is 0 Å². The Morgan fingerprint density at radius 2 is 1.39 bits per heavy atom. The van der Waals surface area contributed by atoms with Crippen LogP contribution in [0.3, 0.4) is 0 Å². The maximum Gasteiger partial charge on any atom is 0.250 e. The summed E-state index contributed by atoms with van der Waals surface area (Å²) in [5, 5.41) is 1.19. The molecule has 38 heavy (non-hydrogen) atoms. The summed E-state index contributed by atoms with van der Waals surface area (Å²) in [5.74, 6) is 0.317. The minimum atomic E-state index is 0.0150. The van der Waals surface area contributed by atoms with Crippen molar-refractivity contribution >= 4 is 16.7 Å². The molecule has 0 fully saturated rings. The van der Waals surface area contributed by atoms with E-state index < -0.39 is 0 Å². The van der Waals surface area contributed by atoms with Crippen LogP contribution in [0.5, 0.6) is 0 Å². The number of fused-ring (bicyclic) bond motifs is 1. The number of carbonyl (C=O) groups excluding carboxylic acids is 1. The molecule has 0 amide bonds. The first-order valence-electron chi connectivity index (χ1n) is 13.5. The molecule has 2 heterocycles. The Labute approximate surface area is 224 Å². The summed E-state index contributed by atoms with van der Waals surface area (Å²) in [6.45, 7) is 3.09. The molecule has 4 heteroatoms. The third-order valence-corrected chi connectivity index (χ3v) is 7.20. The molecule has 0 saturated carbocycles. The lowest BCUT2D eigenvalue weighted by Crippen LogP contribution is -2.20. The van der Waals surface area contributed by atoms with Gasteiger partial charge in [0.2, 0.25) is 0 Å². The molecule has 192 valence electrons. The van der Waals surface area contributed by atoms with Crippen molar-refractivity contribution in [2.24, 2.45) is 0 Å². The van der Waals surface area contributed by atoms with Crippen molar-refractivity contribution in [1.82, 2.24) is 9.13 Å². The molecule has 0 N–H and O–H groups in total. The van der Waals surface area contributed by atoms with Gasteiger partial charge in [-0.3, -0.25) is 9.59 Å². The van der Waals surface area contributed by atoms with Crippen LogP contribution in [0.1, 0.15) is 54.4 Å². The maximum atomic E-state index is 12.8. The largest absolute Gasteiger partial charge is 0.340 e. The molecule has 0 atom stereocenters. The molecule has 5 aromatic rings. The highest BCUT2D eigenvalue weighted by Crippen LogP contribution is 2.31. The molecule has 2 aromatic heterocycles. The Balaban J connectivity index is 1.38. The molecule has 0 radical (unpaired) electrons. The highest BCUT2D eigenvalue weighted by molar-refractivity contribution is 5.86. The van der Waals surface area contributed by atoms with Crippen LogP contribution in [0.4, 0.5) is 0 Å². The number of pyridine rings is 1. The van der Waals surface area contributed by atoms with Gasteiger partial charge in [-0.15, -0.1) is 0 Å². The summed E-state index contributed by atoms with van der Waals surface area (Å²) in [6, 6.07) is 32.8. The van der Waals surface area contributed by atoms with E-state index in [9.17, 15) is 9.59 Å². The van der Waals surface area contributed by atoms with Gasteiger partial charge in [-0.1, -0.05) is 91.9 Å². The molecular formula is C34H34N2O2. The third-order valence-electron chi connectivity index (χ3n) is 7.20. The van der Waals surface area contributed by atoms with Gasteiger partial charge in [-0.05, 0) is 47.6 Å². The molecule has 5 rings (SSSR count). The summed E-state index contributed by atoms with van der Waals surface area (Å²) in [6.07, 6.45) is 7.30. The van der Waals surface area contributed by atoms with E-state index in [0.29, 0.717) is 19.5 Å². The number of para-hydroxylation sites is 1. The topological polar surface area (TPSA) is 44.0 Å². The second kappa shape index (κ2) is 11.9. The highest BCUT2D eigenvalue weighted by Gasteiger charge is 2.17. The van der Waals surface area contributed by atoms with Crippen LogP contribution < -0.4 is 5.56 Å². The normalized spacial score (nSPS) is 11.3. The number of hydrogen-bond acceptors (Lipinski definition) is 2. The lowest BCUT2D eigenvalue weighted by Gasteiger charge is -2.20. The van der Waals surface area contributed by atoms with Gasteiger partial charge in [0.05, 0.1) is 6.54 Å². The van der Waals surface area contributed by atoms with E-state index in [1.165, 1.54) is 22.1 Å². The molecular weight excluding hydrogens is 468 g/mol. The summed E-state index contributed by atoms with van der Waals surface area (Å²) in [7, 11) is 0. The van der Waals surface area contributed by atoms with Crippen molar-refractivity contribution in [3.05, 3.63) is 142 Å². The number of hydrogen-bond donors (Lipinski definition) is 0. The van der Waals surface area contributed by atoms with Crippen molar-refractivity contribution in [1.29, 1.82) is 0 Å². The summed E-state index contributed by atoms with van der Waals surface area (Å²) in [5.41, 5.74) is 5.85. The molecule has 0 unspecified atom stereocenters. The first-order chi connectivity index (χ1) is 18.6. The van der Waals surface area contributed by atoms with E-state index in [4.69, 9.17) is 0 Å². The van der Waals surface area contributed by atoms with Gasteiger partial charge >= 0.3 is 0 Å². The van der Waals surface area contributed by atoms with Crippen LogP contribution in [0.25, 0.3) is 10.9 Å². The number of rotatable bonds is 11. The number of Topliss-reactive ketones (excluding diaryl/α,β-unsaturated/α-hetero) is 1. The van der Waals surface area contributed by atoms with Crippen LogP contribution in [0, 0.1) is 0 Å². The van der Waals surface area contributed by atoms with Gasteiger partial charge in [0.15, 0.2) is 5.78 Å². The zero-order valence-electron chi connectivity index (χ0n) is 21.9. The maximum absolute atomic E-state index is 12.8. The van der Waals surface area contributed by atoms with Gasteiger partial charge in [0, 0.05) is 48.2 Å². The minimum absolute atomic E-state index is 0.0150. The number of benzene rings is 3. The van der Waals surface area contributed by atoms with E-state index in [2.05, 4.69) is 71.4 Å². The third kappa shape index (κ3) is 5.70. The quantitative estimate of drug-likeness (QED) is 0.195. The van der Waals surface area contributed by atoms with Crippen LogP contribution in [-0.4, -0.2) is 14.9 Å². The Bertz CT molecular complexity index is 1530. The van der Waals surface area contributed by atoms with Crippen molar-refractivity contribution in [2.75, 3.05) is 0 Å². The molecule has 3 aromatic carbocycles. The molecule has 0 aliphatic carbocycles. The van der Waals surface area contributed by atoms with Crippen LogP contribution in [0.15, 0.2) is 114 Å². The predicted octanol–water partition coefficient (Wildman–Crippen LogP) is 6.99. The number of ketones is 1. The van der Waals surface area contributed by atoms with Gasteiger partial charge in [-0.2, -0.15) is 0 Å². The molecule has 0 saturated heterocycles. The number of aromatic nitrogens is 2. The second-order valence-electron chi connectivity index (χ2n) is 9.94. The van der Waals surface area contributed by atoms with E-state index in [1.807, 2.05) is 48.0 Å². The van der Waals surface area contributed by atoms with Crippen molar-refractivity contribution in [3.63, 3.8) is 0 Å². The smallest absolute Gasteiger partial charge is 0.250 e. The fraction of sp³-hybridized carbons (Fsp3) is 0.235. The van der Waals surface area contributed by atoms with Crippen molar-refractivity contribution < 1.29 is 4.79 Å². The lowest BCUT2D eigenvalue weighted by atomic mass is 9.86. The first-order valence-corrected chi connectivity index (χ1v) is 13.5. The average Bonchev–Trinajstić information content (AvgIpc) is 3.29. The van der Waals surface area contributed by atoms with Crippen LogP contribution >= 0.6 is 0 Å². The van der Waals surface area contributed by atoms with E-state index >= 15 is 0 Å². The monoisotopic (exact) mass is 502 g/mol. The van der Waals surface area contributed by atoms with E-state index in [-0.39, 0.29) is 17.3 Å². The SMILES string of the molecule is CCCC(=O)Cn1cc(CCCn2cc(C(c3ccccc3)c3ccccc3)ccc2=O)c2ccccc21. The Morgan fingerprint density at radius 1 is 0.737 bits per heavy atom. The van der Waals surface area contributed by atoms with Gasteiger partial charge in [0.25, 0.3) is 5.56 Å². The molecule has 0 aliphatic rings. The molecule has 4 nitrogen and oxygen atoms in total. The molecule has 0 bridgehead atoms. The predicted molar refractivity (Wildman–Crippen MR) is 155 cm³/mol. The summed E-state index contributed by atoms with van der Waals surface area (Å²) >= 11 is 0.